The van der Waals surface area contributed by atoms with Gasteiger partial charge in [-0.2, -0.15) is 4.98 Å². The monoisotopic (exact) mass is 437 g/mol. The summed E-state index contributed by atoms with van der Waals surface area (Å²) in [5, 5.41) is 2.87. The van der Waals surface area contributed by atoms with Gasteiger partial charge in [-0.25, -0.2) is 8.78 Å². The number of aromatic nitrogens is 2. The van der Waals surface area contributed by atoms with Gasteiger partial charge < -0.3 is 24.1 Å². The van der Waals surface area contributed by atoms with Crippen molar-refractivity contribution in [2.24, 2.45) is 0 Å². The maximum Gasteiger partial charge on any atom is 0.586 e. The predicted octanol–water partition coefficient (Wildman–Crippen LogP) is 3.95. The van der Waals surface area contributed by atoms with Crippen LogP contribution in [0, 0.1) is 18.6 Å². The second-order valence-electron chi connectivity index (χ2n) is 6.75. The summed E-state index contributed by atoms with van der Waals surface area (Å²) in [7, 11) is 1.28. The number of nitrogens with one attached hydrogen (secondary N) is 1. The van der Waals surface area contributed by atoms with Gasteiger partial charge in [0, 0.05) is 17.8 Å². The predicted molar refractivity (Wildman–Crippen MR) is 101 cm³/mol. The highest BCUT2D eigenvalue weighted by Gasteiger charge is 2.43. The molecule has 1 aliphatic heterocycles. The van der Waals surface area contributed by atoms with Crippen molar-refractivity contribution in [3.8, 4) is 17.2 Å². The highest BCUT2D eigenvalue weighted by molar-refractivity contribution is 5.65. The topological polar surface area (TPSA) is 74.6 Å². The van der Waals surface area contributed by atoms with Gasteiger partial charge in [0.2, 0.25) is 11.7 Å². The second-order valence-corrected chi connectivity index (χ2v) is 6.75. The van der Waals surface area contributed by atoms with Crippen molar-refractivity contribution in [3.05, 3.63) is 69.6 Å². The Morgan fingerprint density at radius 2 is 1.74 bits per heavy atom. The van der Waals surface area contributed by atoms with Crippen LogP contribution < -0.4 is 25.1 Å². The summed E-state index contributed by atoms with van der Waals surface area (Å²) >= 11 is 0. The standard InChI is InChI=1S/C20H15F4N3O4/c1-10-3-15-16(31-20(23,24)30-15)7-14(10)25-19-26-18(28)17(29-2)9-27(19)8-11-4-12(21)6-13(22)5-11/h3-7,9H,8H2,1-2H3,(H,25,26,28). The first-order valence-electron chi connectivity index (χ1n) is 8.91. The molecule has 7 nitrogen and oxygen atoms in total. The fourth-order valence-corrected chi connectivity index (χ4v) is 3.09. The molecule has 31 heavy (non-hydrogen) atoms. The summed E-state index contributed by atoms with van der Waals surface area (Å²) in [6.07, 6.45) is -2.47. The number of rotatable bonds is 5. The second kappa shape index (κ2) is 7.49. The number of hydrogen-bond acceptors (Lipinski definition) is 6. The van der Waals surface area contributed by atoms with Crippen LogP contribution in [0.3, 0.4) is 0 Å². The van der Waals surface area contributed by atoms with E-state index >= 15 is 0 Å². The molecule has 0 saturated carbocycles. The van der Waals surface area contributed by atoms with Crippen LogP contribution in [0.2, 0.25) is 0 Å². The number of aryl methyl sites for hydroxylation is 1. The van der Waals surface area contributed by atoms with Crippen molar-refractivity contribution in [3.63, 3.8) is 0 Å². The van der Waals surface area contributed by atoms with E-state index in [0.717, 1.165) is 18.2 Å². The number of anilines is 2. The van der Waals surface area contributed by atoms with Gasteiger partial charge in [0.05, 0.1) is 19.9 Å². The molecule has 0 unspecified atom stereocenters. The molecular weight excluding hydrogens is 422 g/mol. The minimum absolute atomic E-state index is 0.0100. The molecule has 0 radical (unpaired) electrons. The average molecular weight is 437 g/mol. The Morgan fingerprint density at radius 3 is 2.39 bits per heavy atom. The molecule has 1 aliphatic rings. The average Bonchev–Trinajstić information content (AvgIpc) is 2.96. The summed E-state index contributed by atoms with van der Waals surface area (Å²) < 4.78 is 69.1. The fraction of sp³-hybridized carbons (Fsp3) is 0.200. The molecule has 2 heterocycles. The molecule has 0 aliphatic carbocycles. The maximum absolute atomic E-state index is 13.6. The zero-order valence-corrected chi connectivity index (χ0v) is 16.2. The largest absolute Gasteiger partial charge is 0.586 e. The number of ether oxygens (including phenoxy) is 3. The Bertz CT molecular complexity index is 1210. The van der Waals surface area contributed by atoms with Gasteiger partial charge in [0.15, 0.2) is 11.5 Å². The molecule has 0 bridgehead atoms. The molecule has 0 fully saturated rings. The van der Waals surface area contributed by atoms with Crippen LogP contribution in [0.15, 0.2) is 41.3 Å². The van der Waals surface area contributed by atoms with Gasteiger partial charge in [0.1, 0.15) is 11.6 Å². The summed E-state index contributed by atoms with van der Waals surface area (Å²) in [6, 6.07) is 5.61. The summed E-state index contributed by atoms with van der Waals surface area (Å²) in [4.78, 5) is 16.1. The quantitative estimate of drug-likeness (QED) is 0.610. The van der Waals surface area contributed by atoms with Crippen LogP contribution in [-0.4, -0.2) is 23.0 Å². The van der Waals surface area contributed by atoms with E-state index in [0.29, 0.717) is 11.3 Å². The van der Waals surface area contributed by atoms with Gasteiger partial charge in [-0.1, -0.05) is 0 Å². The van der Waals surface area contributed by atoms with Crippen LogP contribution >= 0.6 is 0 Å². The number of halogens is 4. The Kier molecular flexibility index (Phi) is 4.96. The lowest BCUT2D eigenvalue weighted by molar-refractivity contribution is -0.286. The van der Waals surface area contributed by atoms with Crippen molar-refractivity contribution in [1.29, 1.82) is 0 Å². The third-order valence-electron chi connectivity index (χ3n) is 4.45. The summed E-state index contributed by atoms with van der Waals surface area (Å²) in [5.74, 6) is -1.97. The first-order valence-corrected chi connectivity index (χ1v) is 8.91. The number of benzene rings is 2. The van der Waals surface area contributed by atoms with E-state index in [1.165, 1.54) is 30.0 Å². The number of nitrogens with zero attached hydrogens (tertiary/aromatic N) is 2. The van der Waals surface area contributed by atoms with E-state index < -0.39 is 23.5 Å². The van der Waals surface area contributed by atoms with E-state index in [1.807, 2.05) is 0 Å². The van der Waals surface area contributed by atoms with Crippen molar-refractivity contribution in [2.75, 3.05) is 12.4 Å². The van der Waals surface area contributed by atoms with Crippen molar-refractivity contribution >= 4 is 11.6 Å². The molecule has 0 saturated heterocycles. The molecule has 162 valence electrons. The molecule has 11 heteroatoms. The molecule has 3 aromatic rings. The Morgan fingerprint density at radius 1 is 1.10 bits per heavy atom. The molecule has 1 aromatic heterocycles. The SMILES string of the molecule is COc1cn(Cc2cc(F)cc(F)c2)c(Nc2cc3c(cc2C)OC(F)(F)O3)nc1=O. The highest BCUT2D eigenvalue weighted by atomic mass is 19.3. The van der Waals surface area contributed by atoms with Crippen LogP contribution in [0.4, 0.5) is 29.2 Å². The Labute approximate surface area is 172 Å². The minimum Gasteiger partial charge on any atom is -0.490 e. The smallest absolute Gasteiger partial charge is 0.490 e. The number of alkyl halides is 2. The lowest BCUT2D eigenvalue weighted by atomic mass is 10.2. The molecule has 2 aromatic carbocycles. The summed E-state index contributed by atoms with van der Waals surface area (Å²) in [6.45, 7) is 1.55. The number of hydrogen-bond donors (Lipinski definition) is 1. The number of fused-ring (bicyclic) bond motifs is 1. The van der Waals surface area contributed by atoms with Gasteiger partial charge in [-0.05, 0) is 36.2 Å². The molecular formula is C20H15F4N3O4. The first-order chi connectivity index (χ1) is 14.6. The van der Waals surface area contributed by atoms with E-state index in [-0.39, 0.29) is 35.3 Å². The maximum atomic E-state index is 13.6. The lowest BCUT2D eigenvalue weighted by Crippen LogP contribution is -2.25. The van der Waals surface area contributed by atoms with Crippen molar-refractivity contribution in [2.45, 2.75) is 19.8 Å². The van der Waals surface area contributed by atoms with Gasteiger partial charge in [-0.15, -0.1) is 8.78 Å². The van der Waals surface area contributed by atoms with Crippen molar-refractivity contribution in [1.82, 2.24) is 9.55 Å². The van der Waals surface area contributed by atoms with E-state index in [1.54, 1.807) is 6.92 Å². The van der Waals surface area contributed by atoms with E-state index in [2.05, 4.69) is 19.8 Å². The third kappa shape index (κ3) is 4.25. The van der Waals surface area contributed by atoms with Crippen molar-refractivity contribution < 1.29 is 31.8 Å². The van der Waals surface area contributed by atoms with Gasteiger partial charge in [0.25, 0.3) is 0 Å². The first kappa shape index (κ1) is 20.5. The van der Waals surface area contributed by atoms with Crippen LogP contribution in [-0.2, 0) is 6.54 Å². The Balaban J connectivity index is 1.73. The number of methoxy groups -OCH3 is 1. The summed E-state index contributed by atoms with van der Waals surface area (Å²) in [5.41, 5.74) is 0.358. The molecule has 0 atom stereocenters. The Hall–Kier alpha value is -3.76. The van der Waals surface area contributed by atoms with Crippen LogP contribution in [0.5, 0.6) is 17.2 Å². The molecule has 4 rings (SSSR count). The molecule has 0 amide bonds. The fourth-order valence-electron chi connectivity index (χ4n) is 3.09. The lowest BCUT2D eigenvalue weighted by Gasteiger charge is -2.16. The third-order valence-corrected chi connectivity index (χ3v) is 4.45. The normalized spacial score (nSPS) is 13.9. The van der Waals surface area contributed by atoms with E-state index in [4.69, 9.17) is 4.74 Å². The minimum atomic E-state index is -3.78. The van der Waals surface area contributed by atoms with Crippen LogP contribution in [0.1, 0.15) is 11.1 Å². The van der Waals surface area contributed by atoms with Gasteiger partial charge >= 0.3 is 11.9 Å². The molecule has 1 N–H and O–H groups in total. The van der Waals surface area contributed by atoms with E-state index in [9.17, 15) is 22.4 Å². The zero-order chi connectivity index (χ0) is 22.3. The molecule has 0 spiro atoms. The highest BCUT2D eigenvalue weighted by Crippen LogP contribution is 2.44. The van der Waals surface area contributed by atoms with Crippen LogP contribution in [0.25, 0.3) is 0 Å². The van der Waals surface area contributed by atoms with Gasteiger partial charge in [-0.3, -0.25) is 4.79 Å². The zero-order valence-electron chi connectivity index (χ0n) is 16.2.